The Morgan fingerprint density at radius 1 is 1.06 bits per heavy atom. The first-order valence-corrected chi connectivity index (χ1v) is 12.2. The Balaban J connectivity index is 1.45. The first-order chi connectivity index (χ1) is 17.0. The summed E-state index contributed by atoms with van der Waals surface area (Å²) >= 11 is 0. The number of carbonyl (C=O) groups excluding carboxylic acids is 1. The maximum atomic E-state index is 13.5. The summed E-state index contributed by atoms with van der Waals surface area (Å²) < 4.78 is 6.04. The van der Waals surface area contributed by atoms with Gasteiger partial charge in [-0.2, -0.15) is 9.97 Å². The standard InChI is InChI=1S/C26H33N7O2/c1-31-13-15-33(16-14-31)24-22(27)23(29-26(30-24)35-17-19-9-6-12-32(19)2)25(34)28-21-11-5-8-18-7-3-4-10-20(18)21/h3-5,7-8,10-11,19H,6,9,12-17,27H2,1-2H3,(H,28,34)/t19-/m0/s1. The number of fused-ring (bicyclic) bond motifs is 1. The van der Waals surface area contributed by atoms with Gasteiger partial charge in [0.2, 0.25) is 0 Å². The zero-order valence-electron chi connectivity index (χ0n) is 20.4. The normalized spacial score (nSPS) is 19.3. The molecule has 0 spiro atoms. The van der Waals surface area contributed by atoms with Crippen molar-refractivity contribution in [3.63, 3.8) is 0 Å². The van der Waals surface area contributed by atoms with Crippen LogP contribution in [0.2, 0.25) is 0 Å². The maximum absolute atomic E-state index is 13.5. The first kappa shape index (κ1) is 23.3. The quantitative estimate of drug-likeness (QED) is 0.561. The van der Waals surface area contributed by atoms with Crippen LogP contribution in [0.25, 0.3) is 10.8 Å². The molecule has 3 N–H and O–H groups in total. The predicted octanol–water partition coefficient (Wildman–Crippen LogP) is 2.69. The van der Waals surface area contributed by atoms with Gasteiger partial charge in [-0.1, -0.05) is 36.4 Å². The Hall–Kier alpha value is -3.43. The molecule has 1 amide bonds. The van der Waals surface area contributed by atoms with Crippen LogP contribution in [0.15, 0.2) is 42.5 Å². The summed E-state index contributed by atoms with van der Waals surface area (Å²) in [4.78, 5) is 29.3. The highest BCUT2D eigenvalue weighted by Crippen LogP contribution is 2.29. The van der Waals surface area contributed by atoms with Crippen LogP contribution >= 0.6 is 0 Å². The smallest absolute Gasteiger partial charge is 0.319 e. The van der Waals surface area contributed by atoms with E-state index in [1.165, 1.54) is 0 Å². The average molecular weight is 476 g/mol. The van der Waals surface area contributed by atoms with E-state index in [4.69, 9.17) is 10.5 Å². The van der Waals surface area contributed by atoms with Gasteiger partial charge in [-0.05, 0) is 44.9 Å². The molecule has 0 radical (unpaired) electrons. The molecule has 184 valence electrons. The van der Waals surface area contributed by atoms with E-state index in [1.54, 1.807) is 0 Å². The van der Waals surface area contributed by atoms with E-state index in [0.717, 1.165) is 56.3 Å². The lowest BCUT2D eigenvalue weighted by Gasteiger charge is -2.34. The van der Waals surface area contributed by atoms with Crippen LogP contribution in [0.3, 0.4) is 0 Å². The number of likely N-dealkylation sites (N-methyl/N-ethyl adjacent to an activating group) is 2. The van der Waals surface area contributed by atoms with E-state index in [2.05, 4.69) is 44.1 Å². The number of anilines is 3. The Bertz CT molecular complexity index is 1200. The van der Waals surface area contributed by atoms with E-state index in [1.807, 2.05) is 42.5 Å². The summed E-state index contributed by atoms with van der Waals surface area (Å²) in [5, 5.41) is 5.01. The number of nitrogens with one attached hydrogen (secondary N) is 1. The molecular formula is C26H33N7O2. The van der Waals surface area contributed by atoms with Gasteiger partial charge >= 0.3 is 6.01 Å². The lowest BCUT2D eigenvalue weighted by molar-refractivity contribution is 0.102. The van der Waals surface area contributed by atoms with Gasteiger partial charge in [-0.15, -0.1) is 0 Å². The second-order valence-corrected chi connectivity index (χ2v) is 9.45. The van der Waals surface area contributed by atoms with Crippen LogP contribution in [0.1, 0.15) is 23.3 Å². The molecule has 35 heavy (non-hydrogen) atoms. The molecule has 0 bridgehead atoms. The molecule has 1 atom stereocenters. The average Bonchev–Trinajstić information content (AvgIpc) is 3.28. The second-order valence-electron chi connectivity index (χ2n) is 9.45. The molecule has 2 aliphatic heterocycles. The van der Waals surface area contributed by atoms with Crippen LogP contribution in [-0.4, -0.2) is 85.1 Å². The van der Waals surface area contributed by atoms with Gasteiger partial charge in [0.1, 0.15) is 12.3 Å². The van der Waals surface area contributed by atoms with Crippen LogP contribution < -0.4 is 20.7 Å². The Kier molecular flexibility index (Phi) is 6.70. The minimum atomic E-state index is -0.375. The second kappa shape index (κ2) is 10.1. The molecule has 2 aliphatic rings. The fourth-order valence-corrected chi connectivity index (χ4v) is 4.81. The lowest BCUT2D eigenvalue weighted by atomic mass is 10.1. The largest absolute Gasteiger partial charge is 0.462 e. The third kappa shape index (κ3) is 5.01. The Morgan fingerprint density at radius 2 is 1.83 bits per heavy atom. The summed E-state index contributed by atoms with van der Waals surface area (Å²) in [5.41, 5.74) is 7.64. The number of piperazine rings is 1. The van der Waals surface area contributed by atoms with Gasteiger partial charge in [0.05, 0.1) is 0 Å². The highest BCUT2D eigenvalue weighted by Gasteiger charge is 2.26. The molecule has 0 unspecified atom stereocenters. The van der Waals surface area contributed by atoms with Gasteiger partial charge < -0.3 is 30.5 Å². The molecule has 2 aromatic carbocycles. The van der Waals surface area contributed by atoms with Crippen molar-refractivity contribution in [2.24, 2.45) is 0 Å². The molecule has 0 saturated carbocycles. The summed E-state index contributed by atoms with van der Waals surface area (Å²) in [7, 11) is 4.19. The van der Waals surface area contributed by atoms with Crippen molar-refractivity contribution in [1.29, 1.82) is 0 Å². The highest BCUT2D eigenvalue weighted by molar-refractivity contribution is 6.11. The summed E-state index contributed by atoms with van der Waals surface area (Å²) in [6.45, 7) is 4.86. The summed E-state index contributed by atoms with van der Waals surface area (Å²) in [6.07, 6.45) is 2.23. The summed E-state index contributed by atoms with van der Waals surface area (Å²) in [6, 6.07) is 14.3. The molecule has 0 aliphatic carbocycles. The highest BCUT2D eigenvalue weighted by atomic mass is 16.5. The van der Waals surface area contributed by atoms with Gasteiger partial charge in [-0.3, -0.25) is 4.79 Å². The molecule has 2 saturated heterocycles. The third-order valence-electron chi connectivity index (χ3n) is 7.04. The third-order valence-corrected chi connectivity index (χ3v) is 7.04. The first-order valence-electron chi connectivity index (χ1n) is 12.2. The lowest BCUT2D eigenvalue weighted by Crippen LogP contribution is -2.45. The van der Waals surface area contributed by atoms with Crippen LogP contribution in [0, 0.1) is 0 Å². The van der Waals surface area contributed by atoms with Crippen molar-refractivity contribution in [2.45, 2.75) is 18.9 Å². The fourth-order valence-electron chi connectivity index (χ4n) is 4.81. The number of amides is 1. The van der Waals surface area contributed by atoms with Crippen LogP contribution in [0.5, 0.6) is 6.01 Å². The van der Waals surface area contributed by atoms with E-state index < -0.39 is 0 Å². The monoisotopic (exact) mass is 475 g/mol. The number of nitrogens with two attached hydrogens (primary N) is 1. The van der Waals surface area contributed by atoms with Gasteiger partial charge in [0.15, 0.2) is 11.5 Å². The van der Waals surface area contributed by atoms with E-state index >= 15 is 0 Å². The fraction of sp³-hybridized carbons (Fsp3) is 0.423. The SMILES string of the molecule is CN1CCN(c2nc(OC[C@@H]3CCCN3C)nc(C(=O)Nc3cccc4ccccc34)c2N)CC1. The molecule has 9 nitrogen and oxygen atoms in total. The predicted molar refractivity (Wildman–Crippen MR) is 139 cm³/mol. The minimum Gasteiger partial charge on any atom is -0.462 e. The van der Waals surface area contributed by atoms with Crippen molar-refractivity contribution in [1.82, 2.24) is 19.8 Å². The Morgan fingerprint density at radius 3 is 2.60 bits per heavy atom. The van der Waals surface area contributed by atoms with Crippen molar-refractivity contribution in [3.8, 4) is 6.01 Å². The van der Waals surface area contributed by atoms with E-state index in [-0.39, 0.29) is 23.3 Å². The van der Waals surface area contributed by atoms with E-state index in [0.29, 0.717) is 24.2 Å². The topological polar surface area (TPSA) is 99.8 Å². The molecule has 9 heteroatoms. The number of hydrogen-bond acceptors (Lipinski definition) is 8. The number of rotatable bonds is 6. The molecule has 2 fully saturated rings. The zero-order chi connectivity index (χ0) is 24.4. The van der Waals surface area contributed by atoms with Crippen molar-refractivity contribution >= 4 is 33.9 Å². The molecule has 1 aromatic heterocycles. The van der Waals surface area contributed by atoms with Crippen molar-refractivity contribution in [2.75, 3.05) is 69.4 Å². The van der Waals surface area contributed by atoms with Gasteiger partial charge in [0, 0.05) is 43.3 Å². The number of nitrogen functional groups attached to an aromatic ring is 1. The number of nitrogens with zero attached hydrogens (tertiary/aromatic N) is 5. The summed E-state index contributed by atoms with van der Waals surface area (Å²) in [5.74, 6) is 0.186. The Labute approximate surface area is 205 Å². The number of hydrogen-bond donors (Lipinski definition) is 2. The van der Waals surface area contributed by atoms with Crippen molar-refractivity contribution in [3.05, 3.63) is 48.2 Å². The maximum Gasteiger partial charge on any atom is 0.319 e. The molecule has 3 aromatic rings. The number of ether oxygens (including phenoxy) is 1. The number of benzene rings is 2. The molecular weight excluding hydrogens is 442 g/mol. The number of carbonyl (C=O) groups is 1. The molecule has 3 heterocycles. The van der Waals surface area contributed by atoms with Gasteiger partial charge in [-0.25, -0.2) is 0 Å². The number of likely N-dealkylation sites (tertiary alicyclic amines) is 1. The molecule has 5 rings (SSSR count). The zero-order valence-corrected chi connectivity index (χ0v) is 20.4. The number of aromatic nitrogens is 2. The van der Waals surface area contributed by atoms with Gasteiger partial charge in [0.25, 0.3) is 5.91 Å². The van der Waals surface area contributed by atoms with E-state index in [9.17, 15) is 4.79 Å². The van der Waals surface area contributed by atoms with Crippen molar-refractivity contribution < 1.29 is 9.53 Å². The minimum absolute atomic E-state index is 0.136. The van der Waals surface area contributed by atoms with Crippen LogP contribution in [-0.2, 0) is 0 Å². The van der Waals surface area contributed by atoms with Crippen LogP contribution in [0.4, 0.5) is 17.2 Å².